The Hall–Kier alpha value is -2.54. The average Bonchev–Trinajstić information content (AvgIpc) is 3.23. The predicted molar refractivity (Wildman–Crippen MR) is 101 cm³/mol. The Morgan fingerprint density at radius 2 is 1.78 bits per heavy atom. The third-order valence-electron chi connectivity index (χ3n) is 4.85. The molecule has 2 aromatic carbocycles. The molecule has 0 aromatic heterocycles. The number of urea groups is 1. The van der Waals surface area contributed by atoms with Crippen molar-refractivity contribution in [1.82, 2.24) is 10.2 Å². The summed E-state index contributed by atoms with van der Waals surface area (Å²) < 4.78 is 18.6. The minimum absolute atomic E-state index is 0.130. The van der Waals surface area contributed by atoms with E-state index < -0.39 is 5.54 Å². The number of ether oxygens (including phenoxy) is 1. The van der Waals surface area contributed by atoms with E-state index in [1.54, 1.807) is 36.0 Å². The molecule has 5 nitrogen and oxygen atoms in total. The minimum Gasteiger partial charge on any atom is -0.489 e. The van der Waals surface area contributed by atoms with Crippen LogP contribution in [0.1, 0.15) is 17.5 Å². The third kappa shape index (κ3) is 3.64. The van der Waals surface area contributed by atoms with Crippen LogP contribution in [0.25, 0.3) is 0 Å². The Morgan fingerprint density at radius 1 is 1.07 bits per heavy atom. The molecule has 27 heavy (non-hydrogen) atoms. The minimum atomic E-state index is -0.708. The fourth-order valence-corrected chi connectivity index (χ4v) is 4.60. The second-order valence-corrected chi connectivity index (χ2v) is 7.87. The summed E-state index contributed by atoms with van der Waals surface area (Å²) in [6.45, 7) is 0.585. The molecule has 2 aliphatic heterocycles. The molecule has 2 aromatic rings. The summed E-state index contributed by atoms with van der Waals surface area (Å²) in [6.07, 6.45) is 0.689. The molecule has 1 N–H and O–H groups in total. The van der Waals surface area contributed by atoms with Gasteiger partial charge in [0.25, 0.3) is 5.91 Å². The first kappa shape index (κ1) is 17.9. The molecule has 0 bridgehead atoms. The standard InChI is InChI=1S/C20H19FN2O3S/c21-16-5-1-15(2-6-16)12-26-17-7-3-14(4-8-17)11-23-18(24)20(22-19(23)25)9-10-27-13-20/h1-8H,9-13H2,(H,22,25)/t20-/m0/s1. The van der Waals surface area contributed by atoms with Gasteiger partial charge in [-0.15, -0.1) is 0 Å². The SMILES string of the molecule is O=C1N[C@]2(CCSC2)C(=O)N1Cc1ccc(OCc2ccc(F)cc2)cc1. The number of benzene rings is 2. The van der Waals surface area contributed by atoms with Gasteiger partial charge in [0.2, 0.25) is 0 Å². The Balaban J connectivity index is 1.37. The van der Waals surface area contributed by atoms with Crippen molar-refractivity contribution in [1.29, 1.82) is 0 Å². The first-order valence-electron chi connectivity index (χ1n) is 8.74. The van der Waals surface area contributed by atoms with E-state index >= 15 is 0 Å². The van der Waals surface area contributed by atoms with Crippen molar-refractivity contribution in [2.75, 3.05) is 11.5 Å². The van der Waals surface area contributed by atoms with Crippen LogP contribution in [0.2, 0.25) is 0 Å². The first-order chi connectivity index (χ1) is 13.1. The summed E-state index contributed by atoms with van der Waals surface area (Å²) in [5.41, 5.74) is 1.02. The number of imide groups is 1. The van der Waals surface area contributed by atoms with E-state index in [1.807, 2.05) is 12.1 Å². The molecule has 3 amide bonds. The normalized spacial score (nSPS) is 21.7. The van der Waals surface area contributed by atoms with Gasteiger partial charge in [0.05, 0.1) is 6.54 Å². The fraction of sp³-hybridized carbons (Fsp3) is 0.300. The quantitative estimate of drug-likeness (QED) is 0.801. The Morgan fingerprint density at radius 3 is 2.44 bits per heavy atom. The Kier molecular flexibility index (Phi) is 4.78. The molecule has 2 fully saturated rings. The summed E-state index contributed by atoms with van der Waals surface area (Å²) >= 11 is 1.69. The highest BCUT2D eigenvalue weighted by Crippen LogP contribution is 2.34. The summed E-state index contributed by atoms with van der Waals surface area (Å²) in [6, 6.07) is 13.1. The number of carbonyl (C=O) groups excluding carboxylic acids is 2. The van der Waals surface area contributed by atoms with Gasteiger partial charge < -0.3 is 10.1 Å². The van der Waals surface area contributed by atoms with Crippen molar-refractivity contribution in [3.8, 4) is 5.75 Å². The number of hydrogen-bond acceptors (Lipinski definition) is 4. The number of hydrogen-bond donors (Lipinski definition) is 1. The highest BCUT2D eigenvalue weighted by Gasteiger charge is 2.52. The topological polar surface area (TPSA) is 58.6 Å². The number of amides is 3. The molecule has 4 rings (SSSR count). The maximum Gasteiger partial charge on any atom is 0.325 e. The molecule has 2 aliphatic rings. The zero-order valence-corrected chi connectivity index (χ0v) is 15.4. The monoisotopic (exact) mass is 386 g/mol. The van der Waals surface area contributed by atoms with Crippen LogP contribution >= 0.6 is 11.8 Å². The lowest BCUT2D eigenvalue weighted by Crippen LogP contribution is -2.46. The number of carbonyl (C=O) groups is 2. The smallest absolute Gasteiger partial charge is 0.325 e. The maximum atomic E-state index is 12.9. The van der Waals surface area contributed by atoms with Crippen molar-refractivity contribution >= 4 is 23.7 Å². The molecule has 7 heteroatoms. The largest absolute Gasteiger partial charge is 0.489 e. The summed E-state index contributed by atoms with van der Waals surface area (Å²) in [7, 11) is 0. The van der Waals surface area contributed by atoms with Crippen LogP contribution in [0.4, 0.5) is 9.18 Å². The first-order valence-corrected chi connectivity index (χ1v) is 9.89. The van der Waals surface area contributed by atoms with E-state index in [4.69, 9.17) is 4.74 Å². The van der Waals surface area contributed by atoms with E-state index in [2.05, 4.69) is 5.32 Å². The molecule has 2 saturated heterocycles. The summed E-state index contributed by atoms with van der Waals surface area (Å²) in [5, 5.41) is 2.87. The van der Waals surface area contributed by atoms with E-state index in [1.165, 1.54) is 17.0 Å². The van der Waals surface area contributed by atoms with Gasteiger partial charge in [-0.2, -0.15) is 11.8 Å². The number of rotatable bonds is 5. The fourth-order valence-electron chi connectivity index (χ4n) is 3.27. The average molecular weight is 386 g/mol. The van der Waals surface area contributed by atoms with E-state index in [9.17, 15) is 14.0 Å². The number of nitrogens with zero attached hydrogens (tertiary/aromatic N) is 1. The van der Waals surface area contributed by atoms with Crippen molar-refractivity contribution < 1.29 is 18.7 Å². The molecule has 140 valence electrons. The Labute approximate surface area is 160 Å². The van der Waals surface area contributed by atoms with Gasteiger partial charge in [-0.3, -0.25) is 9.69 Å². The number of nitrogens with one attached hydrogen (secondary N) is 1. The van der Waals surface area contributed by atoms with Gasteiger partial charge in [0.1, 0.15) is 23.7 Å². The van der Waals surface area contributed by atoms with Crippen molar-refractivity contribution in [3.05, 3.63) is 65.5 Å². The van der Waals surface area contributed by atoms with Crippen LogP contribution in [0.15, 0.2) is 48.5 Å². The van der Waals surface area contributed by atoms with Crippen molar-refractivity contribution in [2.45, 2.75) is 25.1 Å². The highest BCUT2D eigenvalue weighted by molar-refractivity contribution is 7.99. The molecule has 0 saturated carbocycles. The number of halogens is 1. The van der Waals surface area contributed by atoms with E-state index in [0.29, 0.717) is 24.5 Å². The van der Waals surface area contributed by atoms with Crippen LogP contribution in [-0.2, 0) is 17.9 Å². The second-order valence-electron chi connectivity index (χ2n) is 6.77. The second kappa shape index (κ2) is 7.23. The molecule has 0 aliphatic carbocycles. The van der Waals surface area contributed by atoms with Crippen LogP contribution in [-0.4, -0.2) is 33.9 Å². The molecular formula is C20H19FN2O3S. The van der Waals surface area contributed by atoms with Crippen molar-refractivity contribution in [3.63, 3.8) is 0 Å². The zero-order chi connectivity index (χ0) is 18.9. The van der Waals surface area contributed by atoms with Crippen LogP contribution in [0.3, 0.4) is 0 Å². The molecule has 1 spiro atoms. The maximum absolute atomic E-state index is 12.9. The molecule has 0 unspecified atom stereocenters. The van der Waals surface area contributed by atoms with Gasteiger partial charge in [-0.05, 0) is 47.6 Å². The molecule has 1 atom stereocenters. The van der Waals surface area contributed by atoms with Gasteiger partial charge in [0, 0.05) is 5.75 Å². The van der Waals surface area contributed by atoms with Gasteiger partial charge in [0.15, 0.2) is 0 Å². The van der Waals surface area contributed by atoms with Crippen LogP contribution < -0.4 is 10.1 Å². The Bertz CT molecular complexity index is 849. The summed E-state index contributed by atoms with van der Waals surface area (Å²) in [4.78, 5) is 26.2. The van der Waals surface area contributed by atoms with Crippen LogP contribution in [0, 0.1) is 5.82 Å². The van der Waals surface area contributed by atoms with Gasteiger partial charge >= 0.3 is 6.03 Å². The predicted octanol–water partition coefficient (Wildman–Crippen LogP) is 3.33. The van der Waals surface area contributed by atoms with E-state index in [0.717, 1.165) is 16.9 Å². The zero-order valence-electron chi connectivity index (χ0n) is 14.6. The lowest BCUT2D eigenvalue weighted by atomic mass is 9.99. The lowest BCUT2D eigenvalue weighted by molar-refractivity contribution is -0.130. The molecule has 2 heterocycles. The van der Waals surface area contributed by atoms with E-state index in [-0.39, 0.29) is 24.3 Å². The van der Waals surface area contributed by atoms with Gasteiger partial charge in [-0.1, -0.05) is 24.3 Å². The third-order valence-corrected chi connectivity index (χ3v) is 6.04. The van der Waals surface area contributed by atoms with Gasteiger partial charge in [-0.25, -0.2) is 9.18 Å². The van der Waals surface area contributed by atoms with Crippen molar-refractivity contribution in [2.24, 2.45) is 0 Å². The molecule has 0 radical (unpaired) electrons. The highest BCUT2D eigenvalue weighted by atomic mass is 32.2. The molecular weight excluding hydrogens is 367 g/mol. The summed E-state index contributed by atoms with van der Waals surface area (Å²) in [5.74, 6) is 1.80. The number of thioether (sulfide) groups is 1. The lowest BCUT2D eigenvalue weighted by Gasteiger charge is -2.19. The van der Waals surface area contributed by atoms with Crippen LogP contribution in [0.5, 0.6) is 5.75 Å².